The van der Waals surface area contributed by atoms with Crippen molar-refractivity contribution in [2.24, 2.45) is 23.7 Å². The Hall–Kier alpha value is -0.580. The van der Waals surface area contributed by atoms with Crippen LogP contribution in [0.15, 0.2) is 0 Å². The zero-order valence-corrected chi connectivity index (χ0v) is 13.0. The first kappa shape index (κ1) is 13.1. The van der Waals surface area contributed by atoms with E-state index in [-0.39, 0.29) is 46.5 Å². The van der Waals surface area contributed by atoms with E-state index in [0.717, 1.165) is 19.3 Å². The van der Waals surface area contributed by atoms with Gasteiger partial charge in [-0.05, 0) is 25.2 Å². The number of ether oxygens (including phenoxy) is 1. The molecule has 0 spiro atoms. The van der Waals surface area contributed by atoms with Crippen LogP contribution in [0.5, 0.6) is 0 Å². The first-order chi connectivity index (χ1) is 9.66. The summed E-state index contributed by atoms with van der Waals surface area (Å²) in [5.41, 5.74) is 0. The highest BCUT2D eigenvalue weighted by molar-refractivity contribution is 9.09. The van der Waals surface area contributed by atoms with Crippen LogP contribution in [0.2, 0.25) is 0 Å². The lowest BCUT2D eigenvalue weighted by molar-refractivity contribution is -0.146. The SMILES string of the molecule is O=C(NC1CCCCC1)C1C2CC3C(OC(=O)C31)C2Br. The second kappa shape index (κ2) is 4.72. The van der Waals surface area contributed by atoms with Crippen LogP contribution in [0.25, 0.3) is 0 Å². The molecule has 0 aromatic heterocycles. The smallest absolute Gasteiger partial charge is 0.310 e. The minimum absolute atomic E-state index is 0.0104. The normalized spacial score (nSPS) is 46.5. The molecule has 0 aromatic carbocycles. The van der Waals surface area contributed by atoms with E-state index in [1.807, 2.05) is 0 Å². The summed E-state index contributed by atoms with van der Waals surface area (Å²) in [6, 6.07) is 0.317. The number of amides is 1. The third-order valence-electron chi connectivity index (χ3n) is 5.78. The van der Waals surface area contributed by atoms with Crippen molar-refractivity contribution in [3.05, 3.63) is 0 Å². The molecule has 4 nitrogen and oxygen atoms in total. The maximum Gasteiger partial charge on any atom is 0.310 e. The fourth-order valence-corrected chi connectivity index (χ4v) is 5.92. The molecule has 4 fully saturated rings. The van der Waals surface area contributed by atoms with E-state index >= 15 is 0 Å². The van der Waals surface area contributed by atoms with Crippen LogP contribution in [0.1, 0.15) is 38.5 Å². The maximum absolute atomic E-state index is 12.6. The Morgan fingerprint density at radius 1 is 1.20 bits per heavy atom. The van der Waals surface area contributed by atoms with Crippen LogP contribution in [0.3, 0.4) is 0 Å². The molecule has 0 aromatic rings. The van der Waals surface area contributed by atoms with Crippen molar-refractivity contribution in [3.63, 3.8) is 0 Å². The molecule has 3 saturated carbocycles. The lowest BCUT2D eigenvalue weighted by Gasteiger charge is -2.30. The molecule has 20 heavy (non-hydrogen) atoms. The van der Waals surface area contributed by atoms with Gasteiger partial charge in [0.2, 0.25) is 5.91 Å². The van der Waals surface area contributed by atoms with Crippen LogP contribution in [0, 0.1) is 23.7 Å². The Labute approximate surface area is 127 Å². The lowest BCUT2D eigenvalue weighted by atomic mass is 9.79. The first-order valence-corrected chi connectivity index (χ1v) is 8.73. The van der Waals surface area contributed by atoms with Crippen LogP contribution in [0.4, 0.5) is 0 Å². The molecule has 1 N–H and O–H groups in total. The standard InChI is InChI=1S/C15H20BrNO3/c16-12-8-6-9-11(15(19)20-13(9)12)10(8)14(18)17-7-4-2-1-3-5-7/h7-13H,1-6H2,(H,17,18). The maximum atomic E-state index is 12.6. The molecule has 110 valence electrons. The fraction of sp³-hybridized carbons (Fsp3) is 0.867. The van der Waals surface area contributed by atoms with Gasteiger partial charge >= 0.3 is 5.97 Å². The third-order valence-corrected chi connectivity index (χ3v) is 6.98. The van der Waals surface area contributed by atoms with Crippen LogP contribution in [-0.4, -0.2) is 28.8 Å². The number of nitrogens with one attached hydrogen (secondary N) is 1. The quantitative estimate of drug-likeness (QED) is 0.617. The molecule has 6 unspecified atom stereocenters. The largest absolute Gasteiger partial charge is 0.461 e. The molecule has 1 aliphatic heterocycles. The summed E-state index contributed by atoms with van der Waals surface area (Å²) in [5.74, 6) is 0.133. The molecular weight excluding hydrogens is 322 g/mol. The number of halogens is 1. The van der Waals surface area contributed by atoms with E-state index < -0.39 is 0 Å². The van der Waals surface area contributed by atoms with Gasteiger partial charge in [0, 0.05) is 12.0 Å². The molecule has 2 bridgehead atoms. The second-order valence-electron chi connectivity index (χ2n) is 6.80. The highest BCUT2D eigenvalue weighted by Gasteiger charge is 2.67. The van der Waals surface area contributed by atoms with Crippen molar-refractivity contribution in [3.8, 4) is 0 Å². The van der Waals surface area contributed by atoms with Crippen molar-refractivity contribution >= 4 is 27.8 Å². The van der Waals surface area contributed by atoms with Gasteiger partial charge in [-0.15, -0.1) is 0 Å². The van der Waals surface area contributed by atoms with Gasteiger partial charge in [0.25, 0.3) is 0 Å². The summed E-state index contributed by atoms with van der Waals surface area (Å²) in [6.45, 7) is 0. The summed E-state index contributed by atoms with van der Waals surface area (Å²) < 4.78 is 5.46. The predicted molar refractivity (Wildman–Crippen MR) is 76.2 cm³/mol. The number of hydrogen-bond acceptors (Lipinski definition) is 3. The Morgan fingerprint density at radius 2 is 1.95 bits per heavy atom. The highest BCUT2D eigenvalue weighted by Crippen LogP contribution is 2.59. The number of carbonyl (C=O) groups excluding carboxylic acids is 2. The Balaban J connectivity index is 1.50. The van der Waals surface area contributed by atoms with Crippen LogP contribution < -0.4 is 5.32 Å². The molecule has 5 heteroatoms. The van der Waals surface area contributed by atoms with Gasteiger partial charge in [0.1, 0.15) is 6.10 Å². The molecule has 6 atom stereocenters. The average molecular weight is 342 g/mol. The topological polar surface area (TPSA) is 55.4 Å². The van der Waals surface area contributed by atoms with Crippen LogP contribution in [-0.2, 0) is 14.3 Å². The third kappa shape index (κ3) is 1.78. The number of rotatable bonds is 2. The number of hydrogen-bond donors (Lipinski definition) is 1. The van der Waals surface area contributed by atoms with Crippen molar-refractivity contribution < 1.29 is 14.3 Å². The van der Waals surface area contributed by atoms with E-state index in [2.05, 4.69) is 21.2 Å². The molecule has 1 saturated heterocycles. The van der Waals surface area contributed by atoms with E-state index in [0.29, 0.717) is 6.04 Å². The van der Waals surface area contributed by atoms with Gasteiger partial charge in [-0.25, -0.2) is 0 Å². The monoisotopic (exact) mass is 341 g/mol. The number of esters is 1. The lowest BCUT2D eigenvalue weighted by Crippen LogP contribution is -2.46. The summed E-state index contributed by atoms with van der Waals surface area (Å²) in [5, 5.41) is 3.20. The van der Waals surface area contributed by atoms with Gasteiger partial charge < -0.3 is 10.1 Å². The average Bonchev–Trinajstić information content (AvgIpc) is 3.04. The summed E-state index contributed by atoms with van der Waals surface area (Å²) >= 11 is 3.65. The van der Waals surface area contributed by atoms with Crippen LogP contribution >= 0.6 is 15.9 Å². The minimum Gasteiger partial charge on any atom is -0.461 e. The van der Waals surface area contributed by atoms with Crippen molar-refractivity contribution in [2.45, 2.75) is 55.5 Å². The van der Waals surface area contributed by atoms with E-state index in [9.17, 15) is 9.59 Å². The summed E-state index contributed by atoms with van der Waals surface area (Å²) in [7, 11) is 0. The zero-order chi connectivity index (χ0) is 13.9. The van der Waals surface area contributed by atoms with Gasteiger partial charge in [0.05, 0.1) is 16.7 Å². The molecule has 1 amide bonds. The number of carbonyl (C=O) groups is 2. The van der Waals surface area contributed by atoms with Gasteiger partial charge in [-0.1, -0.05) is 35.2 Å². The van der Waals surface area contributed by atoms with Crippen molar-refractivity contribution in [1.29, 1.82) is 0 Å². The molecular formula is C15H20BrNO3. The number of alkyl halides is 1. The van der Waals surface area contributed by atoms with Crippen molar-refractivity contribution in [1.82, 2.24) is 5.32 Å². The molecule has 4 aliphatic rings. The Morgan fingerprint density at radius 3 is 2.70 bits per heavy atom. The van der Waals surface area contributed by atoms with E-state index in [1.165, 1.54) is 19.3 Å². The van der Waals surface area contributed by atoms with E-state index in [1.54, 1.807) is 0 Å². The molecule has 1 heterocycles. The summed E-state index contributed by atoms with van der Waals surface area (Å²) in [4.78, 5) is 24.8. The number of fused-ring (bicyclic) bond motifs is 1. The predicted octanol–water partition coefficient (Wildman–Crippen LogP) is 2.01. The highest BCUT2D eigenvalue weighted by atomic mass is 79.9. The fourth-order valence-electron chi connectivity index (χ4n) is 4.87. The van der Waals surface area contributed by atoms with Gasteiger partial charge in [-0.2, -0.15) is 0 Å². The minimum atomic E-state index is -0.178. The Kier molecular flexibility index (Phi) is 3.09. The molecule has 4 rings (SSSR count). The Bertz CT molecular complexity index is 448. The molecule has 0 radical (unpaired) electrons. The first-order valence-electron chi connectivity index (χ1n) is 7.82. The van der Waals surface area contributed by atoms with E-state index in [4.69, 9.17) is 4.74 Å². The van der Waals surface area contributed by atoms with Crippen molar-refractivity contribution in [2.75, 3.05) is 0 Å². The second-order valence-corrected chi connectivity index (χ2v) is 7.86. The van der Waals surface area contributed by atoms with Gasteiger partial charge in [-0.3, -0.25) is 9.59 Å². The molecule has 3 aliphatic carbocycles. The summed E-state index contributed by atoms with van der Waals surface area (Å²) in [6.07, 6.45) is 6.83. The zero-order valence-electron chi connectivity index (χ0n) is 11.4. The van der Waals surface area contributed by atoms with Gasteiger partial charge in [0.15, 0.2) is 0 Å².